The Hall–Kier alpha value is -0.850. The van der Waals surface area contributed by atoms with Gasteiger partial charge in [0.15, 0.2) is 0 Å². The molecule has 0 rings (SSSR count). The molecule has 0 N–H and O–H groups in total. The van der Waals surface area contributed by atoms with Crippen LogP contribution < -0.4 is 0 Å². The molecule has 0 aliphatic heterocycles. The monoisotopic (exact) mass is 165 g/mol. The second-order valence-corrected chi connectivity index (χ2v) is 2.92. The largest absolute Gasteiger partial charge is 0.291 e. The van der Waals surface area contributed by atoms with E-state index < -0.39 is 0 Å². The van der Waals surface area contributed by atoms with Crippen LogP contribution in [0.1, 0.15) is 33.6 Å². The molecule has 0 heterocycles. The Bertz CT molecular complexity index is 177. The Kier molecular flexibility index (Phi) is 6.35. The fourth-order valence-corrected chi connectivity index (χ4v) is 0.881. The molecule has 0 aliphatic carbocycles. The third kappa shape index (κ3) is 4.89. The molecule has 0 saturated heterocycles. The van der Waals surface area contributed by atoms with E-state index in [1.807, 2.05) is 19.3 Å². The quantitative estimate of drug-likeness (QED) is 0.572. The lowest BCUT2D eigenvalue weighted by Crippen LogP contribution is -1.91. The molecule has 0 bridgehead atoms. The minimum atomic E-state index is 0.413. The Morgan fingerprint density at radius 1 is 1.58 bits per heavy atom. The number of hydrogen-bond donors (Lipinski definition) is 0. The van der Waals surface area contributed by atoms with Gasteiger partial charge in [-0.05, 0) is 19.3 Å². The van der Waals surface area contributed by atoms with E-state index in [1.165, 1.54) is 5.57 Å². The topological polar surface area (TPSA) is 17.1 Å². The van der Waals surface area contributed by atoms with Crippen LogP contribution in [-0.2, 0) is 4.79 Å². The first-order chi connectivity index (χ1) is 5.72. The summed E-state index contributed by atoms with van der Waals surface area (Å²) in [6.45, 7) is 6.28. The van der Waals surface area contributed by atoms with Crippen LogP contribution in [0.15, 0.2) is 23.8 Å². The summed E-state index contributed by atoms with van der Waals surface area (Å²) in [6.07, 6.45) is 9.58. The van der Waals surface area contributed by atoms with Gasteiger partial charge in [0.1, 0.15) is 0 Å². The molecule has 1 radical (unpaired) electrons. The summed E-state index contributed by atoms with van der Waals surface area (Å²) in [5, 5.41) is 0. The summed E-state index contributed by atoms with van der Waals surface area (Å²) in [6, 6.07) is 0. The maximum Gasteiger partial charge on any atom is 0.202 e. The lowest BCUT2D eigenvalue weighted by molar-refractivity contribution is 0.556. The van der Waals surface area contributed by atoms with E-state index in [0.29, 0.717) is 12.3 Å². The van der Waals surface area contributed by atoms with Crippen molar-refractivity contribution in [1.29, 1.82) is 0 Å². The van der Waals surface area contributed by atoms with E-state index in [0.717, 1.165) is 6.42 Å². The molecule has 0 aromatic carbocycles. The summed E-state index contributed by atoms with van der Waals surface area (Å²) >= 11 is 0. The van der Waals surface area contributed by atoms with Gasteiger partial charge in [-0.15, -0.1) is 0 Å². The summed E-state index contributed by atoms with van der Waals surface area (Å²) in [5.41, 5.74) is 1.24. The van der Waals surface area contributed by atoms with Gasteiger partial charge in [0, 0.05) is 6.42 Å². The first kappa shape index (κ1) is 11.2. The van der Waals surface area contributed by atoms with E-state index in [1.54, 1.807) is 0 Å². The highest BCUT2D eigenvalue weighted by atomic mass is 16.1. The first-order valence-electron chi connectivity index (χ1n) is 4.40. The van der Waals surface area contributed by atoms with Gasteiger partial charge in [-0.25, -0.2) is 0 Å². The molecule has 0 fully saturated rings. The molecule has 1 nitrogen and oxygen atoms in total. The molecule has 0 spiro atoms. The molecule has 0 aliphatic rings. The molecular weight excluding hydrogens is 148 g/mol. The van der Waals surface area contributed by atoms with Crippen LogP contribution in [0.2, 0.25) is 0 Å². The van der Waals surface area contributed by atoms with Gasteiger partial charge < -0.3 is 0 Å². The smallest absolute Gasteiger partial charge is 0.202 e. The zero-order chi connectivity index (χ0) is 9.40. The third-order valence-corrected chi connectivity index (χ3v) is 1.89. The Morgan fingerprint density at radius 2 is 2.25 bits per heavy atom. The zero-order valence-electron chi connectivity index (χ0n) is 8.13. The van der Waals surface area contributed by atoms with Crippen LogP contribution in [0.5, 0.6) is 0 Å². The number of hydrogen-bond acceptors (Lipinski definition) is 1. The van der Waals surface area contributed by atoms with Gasteiger partial charge in [-0.2, -0.15) is 0 Å². The standard InChI is InChI=1S/C11H17O/c1-4-5-7-10(2)11(3)8-6-9-12/h5,7-8,10H,4,6H2,1-3H3/b7-5+,11-8+. The molecule has 0 aromatic heterocycles. The molecule has 67 valence electrons. The predicted octanol–water partition coefficient (Wildman–Crippen LogP) is 3.03. The van der Waals surface area contributed by atoms with Gasteiger partial charge in [0.05, 0.1) is 0 Å². The Labute approximate surface area is 75.2 Å². The highest BCUT2D eigenvalue weighted by Gasteiger charge is 1.97. The fraction of sp³-hybridized carbons (Fsp3) is 0.545. The van der Waals surface area contributed by atoms with Gasteiger partial charge in [-0.1, -0.05) is 37.6 Å². The van der Waals surface area contributed by atoms with Crippen molar-refractivity contribution in [2.24, 2.45) is 5.92 Å². The molecule has 1 atom stereocenters. The van der Waals surface area contributed by atoms with E-state index >= 15 is 0 Å². The predicted molar refractivity (Wildman–Crippen MR) is 52.7 cm³/mol. The van der Waals surface area contributed by atoms with Crippen molar-refractivity contribution in [3.05, 3.63) is 23.8 Å². The van der Waals surface area contributed by atoms with E-state index in [9.17, 15) is 4.79 Å². The van der Waals surface area contributed by atoms with Crippen molar-refractivity contribution in [2.45, 2.75) is 33.6 Å². The second kappa shape index (κ2) is 6.84. The summed E-state index contributed by atoms with van der Waals surface area (Å²) in [5.74, 6) is 0.443. The maximum atomic E-state index is 9.96. The average Bonchev–Trinajstić information content (AvgIpc) is 2.10. The van der Waals surface area contributed by atoms with Gasteiger partial charge in [0.25, 0.3) is 0 Å². The van der Waals surface area contributed by atoms with Crippen LogP contribution in [0.3, 0.4) is 0 Å². The minimum absolute atomic E-state index is 0.413. The normalized spacial score (nSPS) is 15.1. The van der Waals surface area contributed by atoms with Crippen molar-refractivity contribution in [1.82, 2.24) is 0 Å². The molecule has 0 amide bonds. The van der Waals surface area contributed by atoms with Crippen LogP contribution in [0, 0.1) is 5.92 Å². The van der Waals surface area contributed by atoms with Crippen LogP contribution in [-0.4, -0.2) is 6.29 Å². The number of rotatable bonds is 5. The summed E-state index contributed by atoms with van der Waals surface area (Å²) < 4.78 is 0. The zero-order valence-corrected chi connectivity index (χ0v) is 8.13. The highest BCUT2D eigenvalue weighted by Crippen LogP contribution is 2.11. The van der Waals surface area contributed by atoms with Crippen LogP contribution in [0.25, 0.3) is 0 Å². The van der Waals surface area contributed by atoms with Crippen molar-refractivity contribution in [3.8, 4) is 0 Å². The highest BCUT2D eigenvalue weighted by molar-refractivity contribution is 5.53. The first-order valence-corrected chi connectivity index (χ1v) is 4.40. The van der Waals surface area contributed by atoms with Gasteiger partial charge in [-0.3, -0.25) is 4.79 Å². The molecule has 0 saturated carbocycles. The maximum absolute atomic E-state index is 9.96. The lowest BCUT2D eigenvalue weighted by Gasteiger charge is -2.05. The molecule has 12 heavy (non-hydrogen) atoms. The Morgan fingerprint density at radius 3 is 2.75 bits per heavy atom. The second-order valence-electron chi connectivity index (χ2n) is 2.92. The summed E-state index contributed by atoms with van der Waals surface area (Å²) in [7, 11) is 0. The summed E-state index contributed by atoms with van der Waals surface area (Å²) in [4.78, 5) is 9.96. The number of allylic oxidation sites excluding steroid dienone is 4. The lowest BCUT2D eigenvalue weighted by atomic mass is 10.0. The molecule has 1 unspecified atom stereocenters. The SMILES string of the molecule is CC/C=C/C(C)/C(C)=C/C[C]=O. The van der Waals surface area contributed by atoms with Crippen molar-refractivity contribution in [3.63, 3.8) is 0 Å². The van der Waals surface area contributed by atoms with E-state index in [2.05, 4.69) is 26.0 Å². The molecular formula is C11H17O. The fourth-order valence-electron chi connectivity index (χ4n) is 0.881. The van der Waals surface area contributed by atoms with Crippen molar-refractivity contribution >= 4 is 6.29 Å². The van der Waals surface area contributed by atoms with Crippen molar-refractivity contribution < 1.29 is 4.79 Å². The minimum Gasteiger partial charge on any atom is -0.291 e. The third-order valence-electron chi connectivity index (χ3n) is 1.89. The average molecular weight is 165 g/mol. The van der Waals surface area contributed by atoms with Gasteiger partial charge in [0.2, 0.25) is 6.29 Å². The van der Waals surface area contributed by atoms with Gasteiger partial charge >= 0.3 is 0 Å². The Balaban J connectivity index is 3.98. The van der Waals surface area contributed by atoms with E-state index in [4.69, 9.17) is 0 Å². The number of carbonyl (C=O) groups excluding carboxylic acids is 1. The van der Waals surface area contributed by atoms with Crippen LogP contribution in [0.4, 0.5) is 0 Å². The molecule has 1 heteroatoms. The van der Waals surface area contributed by atoms with E-state index in [-0.39, 0.29) is 0 Å². The van der Waals surface area contributed by atoms with Crippen LogP contribution >= 0.6 is 0 Å². The molecule has 0 aromatic rings. The van der Waals surface area contributed by atoms with Crippen molar-refractivity contribution in [2.75, 3.05) is 0 Å².